The van der Waals surface area contributed by atoms with E-state index in [4.69, 9.17) is 17.3 Å². The van der Waals surface area contributed by atoms with E-state index in [1.165, 1.54) is 17.2 Å². The van der Waals surface area contributed by atoms with Gasteiger partial charge in [-0.2, -0.15) is 0 Å². The normalized spacial score (nSPS) is 13.2. The molecular weight excluding hydrogens is 292 g/mol. The van der Waals surface area contributed by atoms with Crippen molar-refractivity contribution in [1.82, 2.24) is 24.6 Å². The van der Waals surface area contributed by atoms with Gasteiger partial charge >= 0.3 is 0 Å². The third-order valence-corrected chi connectivity index (χ3v) is 3.80. The van der Waals surface area contributed by atoms with E-state index < -0.39 is 0 Å². The van der Waals surface area contributed by atoms with Gasteiger partial charge in [-0.3, -0.25) is 4.79 Å². The Morgan fingerprint density at radius 1 is 1.52 bits per heavy atom. The summed E-state index contributed by atoms with van der Waals surface area (Å²) in [5, 5.41) is 8.42. The van der Waals surface area contributed by atoms with Crippen LogP contribution in [0.5, 0.6) is 0 Å². The number of fused-ring (bicyclic) bond motifs is 1. The molecule has 0 unspecified atom stereocenters. The van der Waals surface area contributed by atoms with Gasteiger partial charge in [0.25, 0.3) is 5.91 Å². The largest absolute Gasteiger partial charge is 0.397 e. The second kappa shape index (κ2) is 5.33. The van der Waals surface area contributed by atoms with Crippen LogP contribution in [-0.4, -0.2) is 37.6 Å². The van der Waals surface area contributed by atoms with Crippen LogP contribution in [0.3, 0.4) is 0 Å². The van der Waals surface area contributed by atoms with Crippen molar-refractivity contribution in [3.63, 3.8) is 0 Å². The summed E-state index contributed by atoms with van der Waals surface area (Å²) in [6, 6.07) is 1.53. The minimum Gasteiger partial charge on any atom is -0.397 e. The molecule has 21 heavy (non-hydrogen) atoms. The van der Waals surface area contributed by atoms with E-state index in [1.807, 2.05) is 0 Å². The molecule has 110 valence electrons. The Bertz CT molecular complexity index is 698. The van der Waals surface area contributed by atoms with E-state index in [9.17, 15) is 4.79 Å². The van der Waals surface area contributed by atoms with Gasteiger partial charge in [-0.25, -0.2) is 4.98 Å². The van der Waals surface area contributed by atoms with Crippen LogP contribution in [0.2, 0.25) is 5.15 Å². The Hall–Kier alpha value is -2.15. The highest BCUT2D eigenvalue weighted by Crippen LogP contribution is 2.19. The fourth-order valence-corrected chi connectivity index (χ4v) is 2.62. The van der Waals surface area contributed by atoms with Gasteiger partial charge < -0.3 is 15.2 Å². The number of nitrogens with zero attached hydrogens (tertiary/aromatic N) is 5. The molecule has 1 amide bonds. The number of rotatable bonds is 3. The SMILES string of the molecule is CN(Cc1nnc2n1CCC2)C(=O)c1cc(N)cnc1Cl. The molecule has 1 aliphatic rings. The van der Waals surface area contributed by atoms with Gasteiger partial charge in [-0.1, -0.05) is 11.6 Å². The number of aryl methyl sites for hydroxylation is 1. The summed E-state index contributed by atoms with van der Waals surface area (Å²) in [7, 11) is 1.69. The number of nitrogens with two attached hydrogens (primary N) is 1. The van der Waals surface area contributed by atoms with Gasteiger partial charge in [0.05, 0.1) is 24.0 Å². The van der Waals surface area contributed by atoms with Crippen LogP contribution in [0.15, 0.2) is 12.3 Å². The highest BCUT2D eigenvalue weighted by Gasteiger charge is 2.22. The monoisotopic (exact) mass is 306 g/mol. The predicted octanol–water partition coefficient (Wildman–Crippen LogP) is 1.13. The lowest BCUT2D eigenvalue weighted by Gasteiger charge is -2.17. The van der Waals surface area contributed by atoms with Crippen molar-refractivity contribution in [2.24, 2.45) is 0 Å². The van der Waals surface area contributed by atoms with Crippen LogP contribution >= 0.6 is 11.6 Å². The number of pyridine rings is 1. The number of anilines is 1. The van der Waals surface area contributed by atoms with Gasteiger partial charge in [0.2, 0.25) is 0 Å². The smallest absolute Gasteiger partial charge is 0.257 e. The average Bonchev–Trinajstić information content (AvgIpc) is 3.05. The molecule has 1 aliphatic heterocycles. The minimum absolute atomic E-state index is 0.146. The number of carbonyl (C=O) groups excluding carboxylic acids is 1. The predicted molar refractivity (Wildman–Crippen MR) is 77.8 cm³/mol. The van der Waals surface area contributed by atoms with E-state index in [-0.39, 0.29) is 11.1 Å². The summed E-state index contributed by atoms with van der Waals surface area (Å²) in [5.74, 6) is 1.52. The molecule has 0 saturated carbocycles. The minimum atomic E-state index is -0.241. The number of amides is 1. The third-order valence-electron chi connectivity index (χ3n) is 3.50. The number of aromatic nitrogens is 4. The van der Waals surface area contributed by atoms with Crippen molar-refractivity contribution in [2.45, 2.75) is 25.9 Å². The van der Waals surface area contributed by atoms with Gasteiger partial charge in [0, 0.05) is 20.0 Å². The summed E-state index contributed by atoms with van der Waals surface area (Å²) >= 11 is 5.96. The Labute approximate surface area is 126 Å². The number of hydrogen-bond acceptors (Lipinski definition) is 5. The molecule has 0 bridgehead atoms. The van der Waals surface area contributed by atoms with E-state index in [0.29, 0.717) is 17.8 Å². The molecule has 3 rings (SSSR count). The zero-order chi connectivity index (χ0) is 15.0. The maximum absolute atomic E-state index is 12.4. The van der Waals surface area contributed by atoms with Crippen molar-refractivity contribution >= 4 is 23.2 Å². The molecule has 2 aromatic heterocycles. The lowest BCUT2D eigenvalue weighted by Crippen LogP contribution is -2.28. The molecule has 2 N–H and O–H groups in total. The molecule has 0 spiro atoms. The summed E-state index contributed by atoms with van der Waals surface area (Å²) in [6.45, 7) is 1.28. The second-order valence-electron chi connectivity index (χ2n) is 5.06. The lowest BCUT2D eigenvalue weighted by molar-refractivity contribution is 0.0780. The topological polar surface area (TPSA) is 89.9 Å². The van der Waals surface area contributed by atoms with Crippen molar-refractivity contribution in [3.05, 3.63) is 34.6 Å². The number of carbonyl (C=O) groups is 1. The molecular formula is C13H15ClN6O. The zero-order valence-corrected chi connectivity index (χ0v) is 12.3. The van der Waals surface area contributed by atoms with Gasteiger partial charge in [-0.15, -0.1) is 10.2 Å². The Morgan fingerprint density at radius 3 is 3.14 bits per heavy atom. The molecule has 8 heteroatoms. The second-order valence-corrected chi connectivity index (χ2v) is 5.41. The molecule has 7 nitrogen and oxygen atoms in total. The van der Waals surface area contributed by atoms with Crippen LogP contribution in [0.4, 0.5) is 5.69 Å². The quantitative estimate of drug-likeness (QED) is 0.858. The van der Waals surface area contributed by atoms with E-state index in [0.717, 1.165) is 31.0 Å². The molecule has 3 heterocycles. The first-order valence-corrected chi connectivity index (χ1v) is 7.01. The Kier molecular flexibility index (Phi) is 3.50. The average molecular weight is 307 g/mol. The van der Waals surface area contributed by atoms with Crippen LogP contribution in [-0.2, 0) is 19.5 Å². The van der Waals surface area contributed by atoms with Crippen LogP contribution < -0.4 is 5.73 Å². The number of nitrogen functional groups attached to an aromatic ring is 1. The van der Waals surface area contributed by atoms with Crippen LogP contribution in [0, 0.1) is 0 Å². The Balaban J connectivity index is 1.80. The van der Waals surface area contributed by atoms with Crippen LogP contribution in [0.1, 0.15) is 28.4 Å². The van der Waals surface area contributed by atoms with Crippen molar-refractivity contribution in [3.8, 4) is 0 Å². The first kappa shape index (κ1) is 13.8. The molecule has 0 fully saturated rings. The van der Waals surface area contributed by atoms with E-state index in [2.05, 4.69) is 19.7 Å². The van der Waals surface area contributed by atoms with Gasteiger partial charge in [-0.05, 0) is 12.5 Å². The molecule has 2 aromatic rings. The number of hydrogen-bond donors (Lipinski definition) is 1. The number of halogens is 1. The molecule has 0 aliphatic carbocycles. The van der Waals surface area contributed by atoms with Gasteiger partial charge in [0.15, 0.2) is 5.82 Å². The standard InChI is InChI=1S/C13H15ClN6O/c1-19(7-11-18-17-10-3-2-4-20(10)11)13(21)9-5-8(15)6-16-12(9)14/h5-6H,2-4,7,15H2,1H3. The molecule has 0 saturated heterocycles. The summed E-state index contributed by atoms with van der Waals surface area (Å²) < 4.78 is 2.06. The summed E-state index contributed by atoms with van der Waals surface area (Å²) in [4.78, 5) is 17.9. The van der Waals surface area contributed by atoms with Gasteiger partial charge in [0.1, 0.15) is 11.0 Å². The fraction of sp³-hybridized carbons (Fsp3) is 0.385. The fourth-order valence-electron chi connectivity index (χ4n) is 2.43. The van der Waals surface area contributed by atoms with E-state index >= 15 is 0 Å². The van der Waals surface area contributed by atoms with E-state index in [1.54, 1.807) is 7.05 Å². The Morgan fingerprint density at radius 2 is 2.33 bits per heavy atom. The highest BCUT2D eigenvalue weighted by molar-refractivity contribution is 6.32. The third kappa shape index (κ3) is 2.56. The highest BCUT2D eigenvalue weighted by atomic mass is 35.5. The van der Waals surface area contributed by atoms with Crippen molar-refractivity contribution in [1.29, 1.82) is 0 Å². The summed E-state index contributed by atoms with van der Waals surface area (Å²) in [5.41, 5.74) is 6.35. The first-order valence-electron chi connectivity index (χ1n) is 6.63. The maximum Gasteiger partial charge on any atom is 0.257 e. The van der Waals surface area contributed by atoms with Crippen molar-refractivity contribution in [2.75, 3.05) is 12.8 Å². The summed E-state index contributed by atoms with van der Waals surface area (Å²) in [6.07, 6.45) is 3.43. The van der Waals surface area contributed by atoms with Crippen molar-refractivity contribution < 1.29 is 4.79 Å². The molecule has 0 atom stereocenters. The zero-order valence-electron chi connectivity index (χ0n) is 11.6. The first-order chi connectivity index (χ1) is 10.1. The van der Waals surface area contributed by atoms with Crippen LogP contribution in [0.25, 0.3) is 0 Å². The maximum atomic E-state index is 12.4. The lowest BCUT2D eigenvalue weighted by atomic mass is 10.2. The molecule has 0 aromatic carbocycles. The molecule has 0 radical (unpaired) electrons.